The van der Waals surface area contributed by atoms with E-state index in [2.05, 4.69) is 41.6 Å². The Labute approximate surface area is 185 Å². The number of aromatic nitrogens is 2. The SMILES string of the molecule is CCCc1ccc(C(NC(=O)CCn2ncc(=O)c3ccccc32)c2cccs2)cc1. The van der Waals surface area contributed by atoms with Gasteiger partial charge in [-0.25, -0.2) is 0 Å². The van der Waals surface area contributed by atoms with E-state index in [0.717, 1.165) is 28.8 Å². The van der Waals surface area contributed by atoms with Gasteiger partial charge in [-0.2, -0.15) is 5.10 Å². The van der Waals surface area contributed by atoms with Crippen molar-refractivity contribution in [2.45, 2.75) is 38.8 Å². The van der Waals surface area contributed by atoms with Crippen molar-refractivity contribution in [1.29, 1.82) is 0 Å². The van der Waals surface area contributed by atoms with Gasteiger partial charge in [-0.15, -0.1) is 11.3 Å². The molecule has 0 bridgehead atoms. The van der Waals surface area contributed by atoms with Gasteiger partial charge in [0.1, 0.15) is 0 Å². The summed E-state index contributed by atoms with van der Waals surface area (Å²) in [6.07, 6.45) is 3.75. The normalized spacial score (nSPS) is 12.0. The number of hydrogen-bond acceptors (Lipinski definition) is 4. The first-order valence-corrected chi connectivity index (χ1v) is 11.4. The third kappa shape index (κ3) is 4.91. The van der Waals surface area contributed by atoms with Gasteiger partial charge in [0, 0.05) is 16.7 Å². The Morgan fingerprint density at radius 1 is 1.10 bits per heavy atom. The van der Waals surface area contributed by atoms with Gasteiger partial charge in [0.05, 0.1) is 24.3 Å². The molecule has 6 heteroatoms. The highest BCUT2D eigenvalue weighted by Crippen LogP contribution is 2.26. The van der Waals surface area contributed by atoms with Gasteiger partial charge in [0.25, 0.3) is 0 Å². The fourth-order valence-electron chi connectivity index (χ4n) is 3.72. The summed E-state index contributed by atoms with van der Waals surface area (Å²) in [5.41, 5.74) is 3.01. The highest BCUT2D eigenvalue weighted by Gasteiger charge is 2.18. The van der Waals surface area contributed by atoms with Crippen LogP contribution < -0.4 is 10.7 Å². The number of amides is 1. The maximum atomic E-state index is 12.9. The lowest BCUT2D eigenvalue weighted by Crippen LogP contribution is -2.30. The molecule has 0 spiro atoms. The Morgan fingerprint density at radius 2 is 1.90 bits per heavy atom. The minimum atomic E-state index is -0.179. The molecule has 1 unspecified atom stereocenters. The zero-order valence-corrected chi connectivity index (χ0v) is 18.3. The van der Waals surface area contributed by atoms with Crippen molar-refractivity contribution >= 4 is 28.1 Å². The van der Waals surface area contributed by atoms with Crippen LogP contribution in [-0.4, -0.2) is 15.7 Å². The number of rotatable bonds is 8. The average Bonchev–Trinajstić information content (AvgIpc) is 3.33. The molecular formula is C25H25N3O2S. The predicted molar refractivity (Wildman–Crippen MR) is 125 cm³/mol. The summed E-state index contributed by atoms with van der Waals surface area (Å²) in [4.78, 5) is 26.0. The van der Waals surface area contributed by atoms with Gasteiger partial charge in [-0.3, -0.25) is 14.3 Å². The van der Waals surface area contributed by atoms with Gasteiger partial charge in [0.2, 0.25) is 11.3 Å². The second-order valence-electron chi connectivity index (χ2n) is 7.51. The monoisotopic (exact) mass is 431 g/mol. The topological polar surface area (TPSA) is 64.0 Å². The molecule has 158 valence electrons. The van der Waals surface area contributed by atoms with Gasteiger partial charge in [-0.05, 0) is 41.1 Å². The fourth-order valence-corrected chi connectivity index (χ4v) is 4.52. The van der Waals surface area contributed by atoms with E-state index in [1.54, 1.807) is 22.1 Å². The largest absolute Gasteiger partial charge is 0.344 e. The molecule has 1 N–H and O–H groups in total. The Balaban J connectivity index is 1.50. The van der Waals surface area contributed by atoms with Crippen LogP contribution >= 0.6 is 11.3 Å². The molecule has 4 rings (SSSR count). The van der Waals surface area contributed by atoms with Crippen LogP contribution in [0.15, 0.2) is 77.0 Å². The molecule has 2 aromatic heterocycles. The fraction of sp³-hybridized carbons (Fsp3) is 0.240. The molecule has 0 radical (unpaired) electrons. The number of thiophene rings is 1. The molecule has 0 aliphatic rings. The maximum absolute atomic E-state index is 12.9. The Morgan fingerprint density at radius 3 is 2.65 bits per heavy atom. The van der Waals surface area contributed by atoms with E-state index in [4.69, 9.17) is 0 Å². The standard InChI is InChI=1S/C25H25N3O2S/c1-2-6-18-10-12-19(13-11-18)25(23-9-5-16-31-23)27-24(30)14-15-28-21-8-4-3-7-20(21)22(29)17-26-28/h3-5,7-13,16-17,25H,2,6,14-15H2,1H3,(H,27,30). The van der Waals surface area contributed by atoms with Gasteiger partial charge in [0.15, 0.2) is 0 Å². The Hall–Kier alpha value is -3.25. The molecule has 0 fully saturated rings. The van der Waals surface area contributed by atoms with Crippen LogP contribution in [-0.2, 0) is 17.8 Å². The quantitative estimate of drug-likeness (QED) is 0.440. The van der Waals surface area contributed by atoms with Gasteiger partial charge >= 0.3 is 0 Å². The van der Waals surface area contributed by atoms with E-state index in [9.17, 15) is 9.59 Å². The lowest BCUT2D eigenvalue weighted by molar-refractivity contribution is -0.121. The molecule has 2 heterocycles. The Kier molecular flexibility index (Phi) is 6.57. The number of para-hydroxylation sites is 1. The van der Waals surface area contributed by atoms with E-state index in [-0.39, 0.29) is 23.8 Å². The van der Waals surface area contributed by atoms with Crippen molar-refractivity contribution in [3.05, 3.63) is 98.5 Å². The molecule has 5 nitrogen and oxygen atoms in total. The number of hydrogen-bond donors (Lipinski definition) is 1. The highest BCUT2D eigenvalue weighted by molar-refractivity contribution is 7.10. The molecule has 0 aliphatic heterocycles. The van der Waals surface area contributed by atoms with E-state index in [1.165, 1.54) is 11.8 Å². The molecule has 4 aromatic rings. The molecular weight excluding hydrogens is 406 g/mol. The number of nitrogens with one attached hydrogen (secondary N) is 1. The van der Waals surface area contributed by atoms with Crippen molar-refractivity contribution in [2.24, 2.45) is 0 Å². The van der Waals surface area contributed by atoms with Crippen molar-refractivity contribution in [2.75, 3.05) is 0 Å². The predicted octanol–water partition coefficient (Wildman–Crippen LogP) is 4.71. The molecule has 1 amide bonds. The van der Waals surface area contributed by atoms with Crippen LogP contribution in [0.3, 0.4) is 0 Å². The summed E-state index contributed by atoms with van der Waals surface area (Å²) in [6.45, 7) is 2.57. The first-order chi connectivity index (χ1) is 15.2. The van der Waals surface area contributed by atoms with E-state index >= 15 is 0 Å². The third-order valence-electron chi connectivity index (χ3n) is 5.30. The minimum absolute atomic E-state index is 0.0550. The first-order valence-electron chi connectivity index (χ1n) is 10.5. The number of aryl methyl sites for hydroxylation is 2. The molecule has 2 aromatic carbocycles. The number of carbonyl (C=O) groups is 1. The number of carbonyl (C=O) groups excluding carboxylic acids is 1. The maximum Gasteiger partial charge on any atom is 0.222 e. The Bertz CT molecular complexity index is 1210. The molecule has 0 aliphatic carbocycles. The second kappa shape index (κ2) is 9.71. The smallest absolute Gasteiger partial charge is 0.222 e. The van der Waals surface area contributed by atoms with Crippen LogP contribution in [0.1, 0.15) is 41.8 Å². The van der Waals surface area contributed by atoms with Crippen LogP contribution in [0.5, 0.6) is 0 Å². The molecule has 0 saturated carbocycles. The summed E-state index contributed by atoms with van der Waals surface area (Å²) in [7, 11) is 0. The highest BCUT2D eigenvalue weighted by atomic mass is 32.1. The first kappa shape index (κ1) is 21.0. The lowest BCUT2D eigenvalue weighted by atomic mass is 10.0. The van der Waals surface area contributed by atoms with Crippen molar-refractivity contribution in [1.82, 2.24) is 15.1 Å². The number of benzene rings is 2. The third-order valence-corrected chi connectivity index (χ3v) is 6.23. The lowest BCUT2D eigenvalue weighted by Gasteiger charge is -2.19. The van der Waals surface area contributed by atoms with Crippen LogP contribution in [0.2, 0.25) is 0 Å². The van der Waals surface area contributed by atoms with Crippen molar-refractivity contribution in [3.63, 3.8) is 0 Å². The zero-order chi connectivity index (χ0) is 21.6. The summed E-state index contributed by atoms with van der Waals surface area (Å²) >= 11 is 1.63. The van der Waals surface area contributed by atoms with E-state index < -0.39 is 0 Å². The van der Waals surface area contributed by atoms with Crippen LogP contribution in [0, 0.1) is 0 Å². The summed E-state index contributed by atoms with van der Waals surface area (Å²) in [5.74, 6) is -0.0550. The summed E-state index contributed by atoms with van der Waals surface area (Å²) in [6, 6.07) is 19.7. The minimum Gasteiger partial charge on any atom is -0.344 e. The molecule has 1 atom stereocenters. The molecule has 0 saturated heterocycles. The van der Waals surface area contributed by atoms with Gasteiger partial charge in [-0.1, -0.05) is 55.8 Å². The summed E-state index contributed by atoms with van der Waals surface area (Å²) < 4.78 is 1.72. The number of nitrogens with zero attached hydrogens (tertiary/aromatic N) is 2. The van der Waals surface area contributed by atoms with Crippen molar-refractivity contribution < 1.29 is 4.79 Å². The van der Waals surface area contributed by atoms with E-state index in [1.807, 2.05) is 35.7 Å². The van der Waals surface area contributed by atoms with Crippen molar-refractivity contribution in [3.8, 4) is 0 Å². The van der Waals surface area contributed by atoms with E-state index in [0.29, 0.717) is 11.9 Å². The zero-order valence-electron chi connectivity index (χ0n) is 17.5. The number of fused-ring (bicyclic) bond motifs is 1. The van der Waals surface area contributed by atoms with Gasteiger partial charge < -0.3 is 5.32 Å². The van der Waals surface area contributed by atoms with Crippen LogP contribution in [0.25, 0.3) is 10.9 Å². The molecule has 31 heavy (non-hydrogen) atoms. The summed E-state index contributed by atoms with van der Waals surface area (Å²) in [5, 5.41) is 10.0. The second-order valence-corrected chi connectivity index (χ2v) is 8.49. The van der Waals surface area contributed by atoms with Crippen LogP contribution in [0.4, 0.5) is 0 Å². The average molecular weight is 432 g/mol.